The summed E-state index contributed by atoms with van der Waals surface area (Å²) in [6.45, 7) is 2.07. The van der Waals surface area contributed by atoms with Gasteiger partial charge in [-0.05, 0) is 18.8 Å². The maximum Gasteiger partial charge on any atom is 0.0984 e. The molecule has 1 heterocycles. The Kier molecular flexibility index (Phi) is 1.80. The molecule has 0 bridgehead atoms. The average molecular weight is 151 g/mol. The van der Waals surface area contributed by atoms with E-state index in [0.717, 1.165) is 13.1 Å². The Morgan fingerprint density at radius 3 is 2.55 bits per heavy atom. The molecule has 1 aliphatic heterocycles. The maximum atomic E-state index is 8.77. The van der Waals surface area contributed by atoms with Crippen LogP contribution in [0.15, 0.2) is 0 Å². The molecule has 2 rings (SSSR count). The molecule has 1 aliphatic carbocycles. The molecule has 1 saturated heterocycles. The Bertz CT molecular complexity index is 176. The van der Waals surface area contributed by atoms with E-state index in [2.05, 4.69) is 16.7 Å². The SMILES string of the molecule is N#CC(NC1CNC1)C1CC1. The second-order valence-electron chi connectivity index (χ2n) is 3.47. The Balaban J connectivity index is 1.77. The smallest absolute Gasteiger partial charge is 0.0984 e. The molecule has 3 nitrogen and oxygen atoms in total. The fraction of sp³-hybridized carbons (Fsp3) is 0.875. The summed E-state index contributed by atoms with van der Waals surface area (Å²) >= 11 is 0. The largest absolute Gasteiger partial charge is 0.314 e. The number of nitrogens with one attached hydrogen (secondary N) is 2. The molecule has 1 unspecified atom stereocenters. The Labute approximate surface area is 66.8 Å². The molecule has 3 heteroatoms. The monoisotopic (exact) mass is 151 g/mol. The Hall–Kier alpha value is -0.590. The summed E-state index contributed by atoms with van der Waals surface area (Å²) in [6, 6.07) is 3.01. The summed E-state index contributed by atoms with van der Waals surface area (Å²) in [5.41, 5.74) is 0. The van der Waals surface area contributed by atoms with Crippen LogP contribution in [0.2, 0.25) is 0 Å². The summed E-state index contributed by atoms with van der Waals surface area (Å²) < 4.78 is 0. The van der Waals surface area contributed by atoms with Crippen molar-refractivity contribution in [3.63, 3.8) is 0 Å². The lowest BCUT2D eigenvalue weighted by Crippen LogP contribution is -2.58. The highest BCUT2D eigenvalue weighted by Gasteiger charge is 2.33. The fourth-order valence-corrected chi connectivity index (χ4v) is 1.37. The number of hydrogen-bond donors (Lipinski definition) is 2. The summed E-state index contributed by atoms with van der Waals surface area (Å²) in [6.07, 6.45) is 2.48. The maximum absolute atomic E-state index is 8.77. The van der Waals surface area contributed by atoms with Crippen molar-refractivity contribution in [2.75, 3.05) is 13.1 Å². The van der Waals surface area contributed by atoms with Crippen LogP contribution in [-0.4, -0.2) is 25.2 Å². The van der Waals surface area contributed by atoms with Crippen molar-refractivity contribution in [2.24, 2.45) is 5.92 Å². The van der Waals surface area contributed by atoms with Gasteiger partial charge in [0.25, 0.3) is 0 Å². The first-order valence-corrected chi connectivity index (χ1v) is 4.26. The molecule has 0 aromatic carbocycles. The molecular formula is C8H13N3. The molecule has 2 fully saturated rings. The van der Waals surface area contributed by atoms with Crippen molar-refractivity contribution < 1.29 is 0 Å². The molecule has 0 amide bonds. The van der Waals surface area contributed by atoms with Crippen LogP contribution < -0.4 is 10.6 Å². The predicted molar refractivity (Wildman–Crippen MR) is 41.9 cm³/mol. The highest BCUT2D eigenvalue weighted by molar-refractivity contribution is 5.03. The summed E-state index contributed by atoms with van der Waals surface area (Å²) in [5.74, 6) is 0.653. The summed E-state index contributed by atoms with van der Waals surface area (Å²) in [7, 11) is 0. The minimum atomic E-state index is 0.127. The van der Waals surface area contributed by atoms with Crippen LogP contribution in [0.1, 0.15) is 12.8 Å². The normalized spacial score (nSPS) is 27.2. The van der Waals surface area contributed by atoms with Crippen LogP contribution >= 0.6 is 0 Å². The second kappa shape index (κ2) is 2.80. The van der Waals surface area contributed by atoms with Gasteiger partial charge in [0.15, 0.2) is 0 Å². The van der Waals surface area contributed by atoms with Crippen molar-refractivity contribution in [2.45, 2.75) is 24.9 Å². The lowest BCUT2D eigenvalue weighted by Gasteiger charge is -2.30. The van der Waals surface area contributed by atoms with Gasteiger partial charge in [-0.25, -0.2) is 0 Å². The minimum absolute atomic E-state index is 0.127. The van der Waals surface area contributed by atoms with Gasteiger partial charge in [0.2, 0.25) is 0 Å². The van der Waals surface area contributed by atoms with E-state index in [1.165, 1.54) is 12.8 Å². The first kappa shape index (κ1) is 7.08. The van der Waals surface area contributed by atoms with E-state index >= 15 is 0 Å². The lowest BCUT2D eigenvalue weighted by molar-refractivity contribution is 0.338. The van der Waals surface area contributed by atoms with Crippen molar-refractivity contribution in [3.05, 3.63) is 0 Å². The van der Waals surface area contributed by atoms with Gasteiger partial charge in [0, 0.05) is 19.1 Å². The standard InChI is InChI=1S/C8H13N3/c9-3-8(6-1-2-6)11-7-4-10-5-7/h6-8,10-11H,1-2,4-5H2. The molecule has 2 N–H and O–H groups in total. The molecule has 0 aromatic rings. The van der Waals surface area contributed by atoms with Crippen LogP contribution in [0.3, 0.4) is 0 Å². The van der Waals surface area contributed by atoms with Crippen molar-refractivity contribution in [1.29, 1.82) is 5.26 Å². The topological polar surface area (TPSA) is 47.9 Å². The zero-order valence-corrected chi connectivity index (χ0v) is 6.51. The second-order valence-corrected chi connectivity index (χ2v) is 3.47. The zero-order valence-electron chi connectivity index (χ0n) is 6.51. The van der Waals surface area contributed by atoms with Crippen molar-refractivity contribution in [3.8, 4) is 6.07 Å². The third kappa shape index (κ3) is 1.52. The number of rotatable bonds is 3. The molecule has 11 heavy (non-hydrogen) atoms. The van der Waals surface area contributed by atoms with Gasteiger partial charge in [-0.15, -0.1) is 0 Å². The van der Waals surface area contributed by atoms with Crippen LogP contribution in [0, 0.1) is 17.2 Å². The van der Waals surface area contributed by atoms with E-state index in [1.807, 2.05) is 0 Å². The molecular weight excluding hydrogens is 138 g/mol. The molecule has 60 valence electrons. The third-order valence-corrected chi connectivity index (χ3v) is 2.43. The van der Waals surface area contributed by atoms with E-state index in [9.17, 15) is 0 Å². The van der Waals surface area contributed by atoms with E-state index in [-0.39, 0.29) is 6.04 Å². The molecule has 1 atom stereocenters. The van der Waals surface area contributed by atoms with Crippen LogP contribution in [0.4, 0.5) is 0 Å². The highest BCUT2D eigenvalue weighted by atomic mass is 15.1. The minimum Gasteiger partial charge on any atom is -0.314 e. The molecule has 0 spiro atoms. The molecule has 2 aliphatic rings. The third-order valence-electron chi connectivity index (χ3n) is 2.43. The van der Waals surface area contributed by atoms with Gasteiger partial charge in [-0.1, -0.05) is 0 Å². The average Bonchev–Trinajstić information content (AvgIpc) is 2.68. The van der Waals surface area contributed by atoms with Gasteiger partial charge < -0.3 is 5.32 Å². The van der Waals surface area contributed by atoms with Gasteiger partial charge in [-0.3, -0.25) is 5.32 Å². The van der Waals surface area contributed by atoms with Crippen LogP contribution in [-0.2, 0) is 0 Å². The number of nitrogens with zero attached hydrogens (tertiary/aromatic N) is 1. The van der Waals surface area contributed by atoms with E-state index in [1.54, 1.807) is 0 Å². The van der Waals surface area contributed by atoms with E-state index < -0.39 is 0 Å². The van der Waals surface area contributed by atoms with Crippen LogP contribution in [0.25, 0.3) is 0 Å². The fourth-order valence-electron chi connectivity index (χ4n) is 1.37. The zero-order chi connectivity index (χ0) is 7.68. The van der Waals surface area contributed by atoms with E-state index in [4.69, 9.17) is 5.26 Å². The van der Waals surface area contributed by atoms with Gasteiger partial charge in [0.05, 0.1) is 12.1 Å². The predicted octanol–water partition coefficient (Wildman–Crippen LogP) is -0.150. The Morgan fingerprint density at radius 2 is 2.18 bits per heavy atom. The quantitative estimate of drug-likeness (QED) is 0.589. The number of hydrogen-bond acceptors (Lipinski definition) is 3. The first-order valence-electron chi connectivity index (χ1n) is 4.26. The number of nitriles is 1. The lowest BCUT2D eigenvalue weighted by atomic mass is 10.1. The van der Waals surface area contributed by atoms with Gasteiger partial charge >= 0.3 is 0 Å². The van der Waals surface area contributed by atoms with Crippen LogP contribution in [0.5, 0.6) is 0 Å². The summed E-state index contributed by atoms with van der Waals surface area (Å²) in [5, 5.41) is 15.3. The Morgan fingerprint density at radius 1 is 1.45 bits per heavy atom. The molecule has 0 radical (unpaired) electrons. The summed E-state index contributed by atoms with van der Waals surface area (Å²) in [4.78, 5) is 0. The van der Waals surface area contributed by atoms with E-state index in [0.29, 0.717) is 12.0 Å². The highest BCUT2D eigenvalue weighted by Crippen LogP contribution is 2.32. The molecule has 1 saturated carbocycles. The van der Waals surface area contributed by atoms with Gasteiger partial charge in [0.1, 0.15) is 0 Å². The molecule has 0 aromatic heterocycles. The van der Waals surface area contributed by atoms with Crippen molar-refractivity contribution in [1.82, 2.24) is 10.6 Å². The van der Waals surface area contributed by atoms with Crippen molar-refractivity contribution >= 4 is 0 Å². The van der Waals surface area contributed by atoms with Gasteiger partial charge in [-0.2, -0.15) is 5.26 Å². The first-order chi connectivity index (χ1) is 5.40.